The maximum atomic E-state index is 5.76. The summed E-state index contributed by atoms with van der Waals surface area (Å²) in [6.07, 6.45) is 4.41. The lowest BCUT2D eigenvalue weighted by atomic mass is 10.00. The minimum Gasteiger partial charge on any atom is -0.176 e. The van der Waals surface area contributed by atoms with E-state index in [4.69, 9.17) is 11.1 Å². The quantitative estimate of drug-likeness (QED) is 0.546. The van der Waals surface area contributed by atoms with Crippen molar-refractivity contribution >= 4 is 26.0 Å². The highest BCUT2D eigenvalue weighted by atomic mass is 35.6. The number of hydrogen-bond donors (Lipinski definition) is 0. The first-order valence-corrected chi connectivity index (χ1v) is 8.09. The highest BCUT2D eigenvalue weighted by molar-refractivity contribution is 6.93. The van der Waals surface area contributed by atoms with E-state index in [1.807, 2.05) is 0 Å². The Morgan fingerprint density at radius 2 is 1.79 bits per heavy atom. The van der Waals surface area contributed by atoms with Gasteiger partial charge in [0.05, 0.1) is 0 Å². The molecule has 0 unspecified atom stereocenters. The summed E-state index contributed by atoms with van der Waals surface area (Å²) in [5.41, 5.74) is 5.41. The maximum absolute atomic E-state index is 5.76. The zero-order chi connectivity index (χ0) is 10.6. The smallest absolute Gasteiger partial charge is 0.129 e. The van der Waals surface area contributed by atoms with Gasteiger partial charge in [0.1, 0.15) is 8.83 Å². The van der Waals surface area contributed by atoms with Crippen LogP contribution in [0, 0.1) is 20.8 Å². The molecule has 0 spiro atoms. The van der Waals surface area contributed by atoms with E-state index in [1.54, 1.807) is 0 Å². The maximum Gasteiger partial charge on any atom is 0.129 e. The third kappa shape index (κ3) is 3.00. The zero-order valence-electron chi connectivity index (χ0n) is 9.10. The largest absolute Gasteiger partial charge is 0.176 e. The number of allylic oxidation sites excluding steroid dienone is 1. The Morgan fingerprint density at radius 3 is 2.29 bits per heavy atom. The van der Waals surface area contributed by atoms with Crippen LogP contribution in [0.2, 0.25) is 6.04 Å². The van der Waals surface area contributed by atoms with Crippen LogP contribution in [0.3, 0.4) is 0 Å². The fourth-order valence-corrected chi connectivity index (χ4v) is 2.39. The van der Waals surface area contributed by atoms with Gasteiger partial charge < -0.3 is 0 Å². The third-order valence-electron chi connectivity index (χ3n) is 2.30. The van der Waals surface area contributed by atoms with Gasteiger partial charge in [-0.05, 0) is 43.5 Å². The van der Waals surface area contributed by atoms with Gasteiger partial charge in [0.2, 0.25) is 0 Å². The molecule has 1 aromatic carbocycles. The van der Waals surface area contributed by atoms with Crippen molar-refractivity contribution in [2.24, 2.45) is 0 Å². The molecule has 0 bridgehead atoms. The summed E-state index contributed by atoms with van der Waals surface area (Å²) in [5, 5.41) is 0. The molecule has 0 amide bonds. The molecule has 0 atom stereocenters. The van der Waals surface area contributed by atoms with E-state index in [1.165, 1.54) is 22.3 Å². The van der Waals surface area contributed by atoms with Crippen molar-refractivity contribution in [1.82, 2.24) is 0 Å². The van der Waals surface area contributed by atoms with Crippen LogP contribution in [-0.2, 0) is 0 Å². The van der Waals surface area contributed by atoms with Crippen LogP contribution in [0.5, 0.6) is 0 Å². The van der Waals surface area contributed by atoms with E-state index in [-0.39, 0.29) is 8.83 Å². The Bertz CT molecular complexity index is 319. The first-order chi connectivity index (χ1) is 6.65. The summed E-state index contributed by atoms with van der Waals surface area (Å²) >= 11 is 5.76. The Balaban J connectivity index is 2.96. The molecule has 0 heterocycles. The second-order valence-electron chi connectivity index (χ2n) is 3.69. The summed E-state index contributed by atoms with van der Waals surface area (Å²) in [7, 11) is -0.349. The molecular weight excluding hydrogens is 208 g/mol. The molecule has 0 aliphatic heterocycles. The SMILES string of the molecule is Cc1cc(C)c(C=CC[SiH2]Cl)c(C)c1. The van der Waals surface area contributed by atoms with E-state index in [2.05, 4.69) is 45.1 Å². The predicted octanol–water partition coefficient (Wildman–Crippen LogP) is 3.37. The molecule has 14 heavy (non-hydrogen) atoms. The van der Waals surface area contributed by atoms with E-state index < -0.39 is 0 Å². The molecule has 0 aliphatic carbocycles. The topological polar surface area (TPSA) is 0 Å². The van der Waals surface area contributed by atoms with Crippen molar-refractivity contribution in [2.75, 3.05) is 0 Å². The molecule has 0 radical (unpaired) electrons. The monoisotopic (exact) mass is 224 g/mol. The molecule has 2 heteroatoms. The van der Waals surface area contributed by atoms with E-state index >= 15 is 0 Å². The molecule has 0 aromatic heterocycles. The van der Waals surface area contributed by atoms with Crippen LogP contribution in [0.15, 0.2) is 18.2 Å². The van der Waals surface area contributed by atoms with Gasteiger partial charge in [-0.25, -0.2) is 0 Å². The molecule has 0 saturated carbocycles. The zero-order valence-corrected chi connectivity index (χ0v) is 11.3. The summed E-state index contributed by atoms with van der Waals surface area (Å²) in [6.45, 7) is 6.47. The number of rotatable bonds is 3. The minimum absolute atomic E-state index is 0.349. The standard InChI is InChI=1S/C12H17ClSi/c1-9-7-10(2)12(11(3)8-9)5-4-6-14-13/h4-5,7-8H,6,14H2,1-3H3. The number of aryl methyl sites for hydroxylation is 3. The van der Waals surface area contributed by atoms with Crippen LogP contribution in [0.4, 0.5) is 0 Å². The second kappa shape index (κ2) is 5.37. The number of benzene rings is 1. The number of hydrogen-bond acceptors (Lipinski definition) is 0. The van der Waals surface area contributed by atoms with Crippen molar-refractivity contribution in [3.63, 3.8) is 0 Å². The van der Waals surface area contributed by atoms with Gasteiger partial charge in [0.25, 0.3) is 0 Å². The van der Waals surface area contributed by atoms with E-state index in [9.17, 15) is 0 Å². The van der Waals surface area contributed by atoms with Gasteiger partial charge in [0.15, 0.2) is 0 Å². The van der Waals surface area contributed by atoms with Crippen molar-refractivity contribution < 1.29 is 0 Å². The average molecular weight is 225 g/mol. The summed E-state index contributed by atoms with van der Waals surface area (Å²) in [5.74, 6) is 0. The fraction of sp³-hybridized carbons (Fsp3) is 0.333. The molecule has 0 N–H and O–H groups in total. The Morgan fingerprint density at radius 1 is 1.21 bits per heavy atom. The highest BCUT2D eigenvalue weighted by Crippen LogP contribution is 2.17. The normalized spacial score (nSPS) is 12.0. The van der Waals surface area contributed by atoms with Crippen molar-refractivity contribution in [3.8, 4) is 0 Å². The second-order valence-corrected chi connectivity index (χ2v) is 5.78. The molecular formula is C12H17ClSi. The summed E-state index contributed by atoms with van der Waals surface area (Å²) < 4.78 is 0. The number of halogens is 1. The van der Waals surface area contributed by atoms with Gasteiger partial charge in [-0.3, -0.25) is 0 Å². The van der Waals surface area contributed by atoms with E-state index in [0.29, 0.717) is 0 Å². The van der Waals surface area contributed by atoms with Gasteiger partial charge in [-0.1, -0.05) is 29.8 Å². The summed E-state index contributed by atoms with van der Waals surface area (Å²) in [6, 6.07) is 5.53. The first-order valence-electron chi connectivity index (χ1n) is 4.95. The van der Waals surface area contributed by atoms with Gasteiger partial charge in [0, 0.05) is 0 Å². The fourth-order valence-electron chi connectivity index (χ4n) is 1.72. The lowest BCUT2D eigenvalue weighted by Gasteiger charge is -2.06. The van der Waals surface area contributed by atoms with Crippen LogP contribution in [0.25, 0.3) is 6.08 Å². The van der Waals surface area contributed by atoms with Crippen molar-refractivity contribution in [1.29, 1.82) is 0 Å². The van der Waals surface area contributed by atoms with Crippen LogP contribution < -0.4 is 0 Å². The van der Waals surface area contributed by atoms with Gasteiger partial charge in [-0.2, -0.15) is 11.1 Å². The minimum atomic E-state index is -0.349. The van der Waals surface area contributed by atoms with E-state index in [0.717, 1.165) is 6.04 Å². The third-order valence-corrected chi connectivity index (χ3v) is 3.50. The van der Waals surface area contributed by atoms with Crippen molar-refractivity contribution in [3.05, 3.63) is 40.5 Å². The molecule has 1 aromatic rings. The van der Waals surface area contributed by atoms with Crippen molar-refractivity contribution in [2.45, 2.75) is 26.8 Å². The summed E-state index contributed by atoms with van der Waals surface area (Å²) in [4.78, 5) is 0. The van der Waals surface area contributed by atoms with Gasteiger partial charge >= 0.3 is 0 Å². The highest BCUT2D eigenvalue weighted by Gasteiger charge is 1.99. The molecule has 0 fully saturated rings. The van der Waals surface area contributed by atoms with Crippen LogP contribution >= 0.6 is 11.1 Å². The van der Waals surface area contributed by atoms with Gasteiger partial charge in [-0.15, -0.1) is 0 Å². The molecule has 1 rings (SSSR count). The average Bonchev–Trinajstić information content (AvgIpc) is 2.09. The Hall–Kier alpha value is -0.533. The molecule has 0 nitrogen and oxygen atoms in total. The molecule has 76 valence electrons. The lowest BCUT2D eigenvalue weighted by Crippen LogP contribution is -1.88. The molecule has 0 saturated heterocycles. The Labute approximate surface area is 93.5 Å². The first kappa shape index (κ1) is 11.5. The lowest BCUT2D eigenvalue weighted by molar-refractivity contribution is 1.30. The predicted molar refractivity (Wildman–Crippen MR) is 68.9 cm³/mol. The Kier molecular flexibility index (Phi) is 4.43. The van der Waals surface area contributed by atoms with Crippen LogP contribution in [-0.4, -0.2) is 8.83 Å². The molecule has 0 aliphatic rings. The van der Waals surface area contributed by atoms with Crippen LogP contribution in [0.1, 0.15) is 22.3 Å².